The number of carbonyl (C=O) groups excluding carboxylic acids is 1. The summed E-state index contributed by atoms with van der Waals surface area (Å²) in [6, 6.07) is 7.57. The number of hydrogen-bond donors (Lipinski definition) is 1. The number of nitrogens with one attached hydrogen (secondary N) is 1. The third-order valence-corrected chi connectivity index (χ3v) is 1.80. The molecule has 0 spiro atoms. The van der Waals surface area contributed by atoms with Crippen molar-refractivity contribution in [2.24, 2.45) is 0 Å². The molecule has 1 aromatic carbocycles. The minimum Gasteiger partial charge on any atom is -0.347 e. The Morgan fingerprint density at radius 1 is 1.14 bits per heavy atom. The molecule has 0 fully saturated rings. The second kappa shape index (κ2) is 3.82. The third kappa shape index (κ3) is 3.21. The smallest absolute Gasteiger partial charge is 0.251 e. The molecule has 0 aliphatic heterocycles. The third-order valence-electron chi connectivity index (χ3n) is 1.80. The van der Waals surface area contributed by atoms with Gasteiger partial charge in [0.25, 0.3) is 5.91 Å². The fraction of sp³-hybridized carbons (Fsp3) is 0.417. The summed E-state index contributed by atoms with van der Waals surface area (Å²) in [4.78, 5) is 11.7. The summed E-state index contributed by atoms with van der Waals surface area (Å²) >= 11 is 0. The molecule has 0 radical (unpaired) electrons. The van der Waals surface area contributed by atoms with Crippen molar-refractivity contribution in [1.29, 1.82) is 0 Å². The highest BCUT2D eigenvalue weighted by molar-refractivity contribution is 5.94. The summed E-state index contributed by atoms with van der Waals surface area (Å²) in [7, 11) is 0. The van der Waals surface area contributed by atoms with Crippen LogP contribution in [0.3, 0.4) is 0 Å². The van der Waals surface area contributed by atoms with Crippen LogP contribution in [-0.2, 0) is 0 Å². The van der Waals surface area contributed by atoms with Gasteiger partial charge in [0.1, 0.15) is 0 Å². The van der Waals surface area contributed by atoms with Gasteiger partial charge in [0.05, 0.1) is 0 Å². The molecule has 0 aliphatic rings. The fourth-order valence-corrected chi connectivity index (χ4v) is 1.12. The second-order valence-electron chi connectivity index (χ2n) is 4.57. The van der Waals surface area contributed by atoms with Crippen molar-refractivity contribution in [1.82, 2.24) is 5.32 Å². The van der Waals surface area contributed by atoms with E-state index in [4.69, 9.17) is 0 Å². The zero-order chi connectivity index (χ0) is 10.8. The first-order valence-corrected chi connectivity index (χ1v) is 4.78. The normalized spacial score (nSPS) is 11.1. The molecule has 0 atom stereocenters. The van der Waals surface area contributed by atoms with E-state index in [0.29, 0.717) is 5.56 Å². The molecule has 1 N–H and O–H groups in total. The molecule has 76 valence electrons. The van der Waals surface area contributed by atoms with E-state index < -0.39 is 0 Å². The highest BCUT2D eigenvalue weighted by Crippen LogP contribution is 2.06. The largest absolute Gasteiger partial charge is 0.347 e. The SMILES string of the molecule is Cc1ccc(C(=O)NC(C)(C)C)cc1. The molecule has 0 aromatic heterocycles. The highest BCUT2D eigenvalue weighted by Gasteiger charge is 2.14. The van der Waals surface area contributed by atoms with Crippen molar-refractivity contribution in [3.8, 4) is 0 Å². The molecule has 0 aliphatic carbocycles. The van der Waals surface area contributed by atoms with Crippen LogP contribution in [0.15, 0.2) is 24.3 Å². The fourth-order valence-electron chi connectivity index (χ4n) is 1.12. The highest BCUT2D eigenvalue weighted by atomic mass is 16.1. The van der Waals surface area contributed by atoms with E-state index in [1.807, 2.05) is 52.0 Å². The van der Waals surface area contributed by atoms with Gasteiger partial charge in [0, 0.05) is 11.1 Å². The molecule has 0 bridgehead atoms. The zero-order valence-electron chi connectivity index (χ0n) is 9.22. The Hall–Kier alpha value is -1.31. The van der Waals surface area contributed by atoms with Crippen LogP contribution < -0.4 is 5.32 Å². The average Bonchev–Trinajstić information content (AvgIpc) is 2.02. The number of rotatable bonds is 1. The van der Waals surface area contributed by atoms with Gasteiger partial charge in [-0.1, -0.05) is 17.7 Å². The van der Waals surface area contributed by atoms with Crippen LogP contribution in [0.5, 0.6) is 0 Å². The lowest BCUT2D eigenvalue weighted by atomic mass is 10.1. The van der Waals surface area contributed by atoms with Crippen LogP contribution in [0.1, 0.15) is 36.7 Å². The lowest BCUT2D eigenvalue weighted by Crippen LogP contribution is -2.40. The Balaban J connectivity index is 2.76. The lowest BCUT2D eigenvalue weighted by molar-refractivity contribution is 0.0919. The van der Waals surface area contributed by atoms with Gasteiger partial charge in [-0.05, 0) is 39.8 Å². The van der Waals surface area contributed by atoms with Crippen molar-refractivity contribution in [3.63, 3.8) is 0 Å². The molecule has 0 saturated carbocycles. The molecule has 14 heavy (non-hydrogen) atoms. The molecule has 0 unspecified atom stereocenters. The van der Waals surface area contributed by atoms with Crippen molar-refractivity contribution in [3.05, 3.63) is 35.4 Å². The Morgan fingerprint density at radius 3 is 2.07 bits per heavy atom. The molecule has 0 saturated heterocycles. The summed E-state index contributed by atoms with van der Waals surface area (Å²) in [6.07, 6.45) is 0. The summed E-state index contributed by atoms with van der Waals surface area (Å²) in [6.45, 7) is 7.92. The number of aryl methyl sites for hydroxylation is 1. The standard InChI is InChI=1S/C12H17NO/c1-9-5-7-10(8-6-9)11(14)13-12(2,3)4/h5-8H,1-4H3,(H,13,14). The summed E-state index contributed by atoms with van der Waals surface area (Å²) in [5.41, 5.74) is 1.70. The zero-order valence-corrected chi connectivity index (χ0v) is 9.22. The first-order chi connectivity index (χ1) is 6.38. The van der Waals surface area contributed by atoms with Gasteiger partial charge in [-0.3, -0.25) is 4.79 Å². The van der Waals surface area contributed by atoms with Gasteiger partial charge in [-0.2, -0.15) is 0 Å². The predicted octanol–water partition coefficient (Wildman–Crippen LogP) is 2.52. The number of carbonyl (C=O) groups is 1. The Bertz CT molecular complexity index is 319. The quantitative estimate of drug-likeness (QED) is 0.726. The van der Waals surface area contributed by atoms with Crippen molar-refractivity contribution >= 4 is 5.91 Å². The van der Waals surface area contributed by atoms with E-state index in [1.54, 1.807) is 0 Å². The van der Waals surface area contributed by atoms with Gasteiger partial charge in [0.2, 0.25) is 0 Å². The average molecular weight is 191 g/mol. The maximum Gasteiger partial charge on any atom is 0.251 e. The summed E-state index contributed by atoms with van der Waals surface area (Å²) in [5, 5.41) is 2.92. The Labute approximate surface area is 85.3 Å². The molecular formula is C12H17NO. The van der Waals surface area contributed by atoms with E-state index in [9.17, 15) is 4.79 Å². The van der Waals surface area contributed by atoms with Crippen LogP contribution >= 0.6 is 0 Å². The lowest BCUT2D eigenvalue weighted by Gasteiger charge is -2.20. The molecular weight excluding hydrogens is 174 g/mol. The van der Waals surface area contributed by atoms with Gasteiger partial charge in [0.15, 0.2) is 0 Å². The minimum atomic E-state index is -0.179. The molecule has 0 heterocycles. The maximum atomic E-state index is 11.7. The van der Waals surface area contributed by atoms with Crippen molar-refractivity contribution in [2.45, 2.75) is 33.2 Å². The van der Waals surface area contributed by atoms with Crippen LogP contribution in [0.4, 0.5) is 0 Å². The van der Waals surface area contributed by atoms with Crippen molar-refractivity contribution < 1.29 is 4.79 Å². The molecule has 1 aromatic rings. The molecule has 1 amide bonds. The topological polar surface area (TPSA) is 29.1 Å². The van der Waals surface area contributed by atoms with Crippen LogP contribution in [0.2, 0.25) is 0 Å². The number of benzene rings is 1. The summed E-state index contributed by atoms with van der Waals surface area (Å²) < 4.78 is 0. The van der Waals surface area contributed by atoms with Crippen molar-refractivity contribution in [2.75, 3.05) is 0 Å². The second-order valence-corrected chi connectivity index (χ2v) is 4.57. The molecule has 2 nitrogen and oxygen atoms in total. The molecule has 2 heteroatoms. The van der Waals surface area contributed by atoms with E-state index in [-0.39, 0.29) is 11.4 Å². The summed E-state index contributed by atoms with van der Waals surface area (Å²) in [5.74, 6) is -0.0162. The first kappa shape index (κ1) is 10.8. The number of hydrogen-bond acceptors (Lipinski definition) is 1. The Kier molecular flexibility index (Phi) is 2.94. The van der Waals surface area contributed by atoms with Gasteiger partial charge in [-0.15, -0.1) is 0 Å². The van der Waals surface area contributed by atoms with E-state index in [1.165, 1.54) is 0 Å². The van der Waals surface area contributed by atoms with Crippen LogP contribution in [0.25, 0.3) is 0 Å². The first-order valence-electron chi connectivity index (χ1n) is 4.78. The predicted molar refractivity (Wildman–Crippen MR) is 58.4 cm³/mol. The van der Waals surface area contributed by atoms with Gasteiger partial charge < -0.3 is 5.32 Å². The van der Waals surface area contributed by atoms with Crippen LogP contribution in [-0.4, -0.2) is 11.4 Å². The minimum absolute atomic E-state index is 0.0162. The van der Waals surface area contributed by atoms with E-state index in [0.717, 1.165) is 5.56 Å². The monoisotopic (exact) mass is 191 g/mol. The van der Waals surface area contributed by atoms with E-state index >= 15 is 0 Å². The van der Waals surface area contributed by atoms with E-state index in [2.05, 4.69) is 5.32 Å². The number of amides is 1. The molecule has 1 rings (SSSR count). The maximum absolute atomic E-state index is 11.7. The van der Waals surface area contributed by atoms with Crippen LogP contribution in [0, 0.1) is 6.92 Å². The van der Waals surface area contributed by atoms with Gasteiger partial charge >= 0.3 is 0 Å². The Morgan fingerprint density at radius 2 is 1.64 bits per heavy atom. The van der Waals surface area contributed by atoms with Gasteiger partial charge in [-0.25, -0.2) is 0 Å².